The van der Waals surface area contributed by atoms with E-state index in [9.17, 15) is 9.18 Å². The van der Waals surface area contributed by atoms with Crippen LogP contribution in [0.25, 0.3) is 0 Å². The van der Waals surface area contributed by atoms with Gasteiger partial charge in [0.25, 0.3) is 0 Å². The minimum atomic E-state index is -0.302. The molecule has 0 bridgehead atoms. The Labute approximate surface area is 153 Å². The van der Waals surface area contributed by atoms with Crippen LogP contribution in [0.3, 0.4) is 0 Å². The predicted octanol–water partition coefficient (Wildman–Crippen LogP) is 2.83. The van der Waals surface area contributed by atoms with E-state index in [1.165, 1.54) is 12.1 Å². The summed E-state index contributed by atoms with van der Waals surface area (Å²) in [7, 11) is 0. The van der Waals surface area contributed by atoms with Crippen LogP contribution in [-0.4, -0.2) is 31.7 Å². The molecule has 0 aromatic heterocycles. The van der Waals surface area contributed by atoms with E-state index < -0.39 is 0 Å². The molecule has 2 aromatic rings. The van der Waals surface area contributed by atoms with Crippen LogP contribution in [0.5, 0.6) is 0 Å². The number of carbonyl (C=O) groups excluding carboxylic acids is 1. The van der Waals surface area contributed by atoms with E-state index in [1.54, 1.807) is 12.1 Å². The zero-order valence-corrected chi connectivity index (χ0v) is 14.6. The van der Waals surface area contributed by atoms with Crippen molar-refractivity contribution in [3.8, 4) is 0 Å². The average molecular weight is 365 g/mol. The van der Waals surface area contributed by atoms with Gasteiger partial charge in [0.1, 0.15) is 5.82 Å². The Morgan fingerprint density at radius 3 is 2.48 bits per heavy atom. The van der Waals surface area contributed by atoms with Gasteiger partial charge in [0.2, 0.25) is 5.91 Å². The topological polar surface area (TPSA) is 50.4 Å². The summed E-state index contributed by atoms with van der Waals surface area (Å²) >= 11 is 0. The van der Waals surface area contributed by atoms with Crippen LogP contribution in [0.2, 0.25) is 0 Å². The maximum Gasteiger partial charge on any atom is 0.222 e. The first-order chi connectivity index (χ1) is 11.7. The highest BCUT2D eigenvalue weighted by molar-refractivity contribution is 5.85. The lowest BCUT2D eigenvalue weighted by Gasteiger charge is -2.25. The second-order valence-corrected chi connectivity index (χ2v) is 5.89. The van der Waals surface area contributed by atoms with Gasteiger partial charge in [-0.3, -0.25) is 4.79 Å². The summed E-state index contributed by atoms with van der Waals surface area (Å²) in [6.07, 6.45) is 0.352. The fraction of sp³-hybridized carbons (Fsp3) is 0.316. The van der Waals surface area contributed by atoms with Crippen LogP contribution in [0.15, 0.2) is 54.6 Å². The highest BCUT2D eigenvalue weighted by Crippen LogP contribution is 2.22. The molecule has 2 aromatic carbocycles. The summed E-state index contributed by atoms with van der Waals surface area (Å²) in [5.74, 6) is -0.350. The molecule has 4 nitrogen and oxygen atoms in total. The van der Waals surface area contributed by atoms with Crippen molar-refractivity contribution in [2.75, 3.05) is 19.8 Å². The standard InChI is InChI=1S/C19H21FN2O2.ClH/c20-16-8-6-15(7-9-16)19(14-4-2-1-3-5-14)22-18(23)12-17-13-24-11-10-21-17;/h1-9,17,19,21H,10-13H2,(H,22,23);1H. The summed E-state index contributed by atoms with van der Waals surface area (Å²) in [5.41, 5.74) is 1.81. The summed E-state index contributed by atoms with van der Waals surface area (Å²) < 4.78 is 18.6. The first kappa shape index (κ1) is 19.4. The van der Waals surface area contributed by atoms with Gasteiger partial charge in [0.15, 0.2) is 0 Å². The van der Waals surface area contributed by atoms with Crippen LogP contribution < -0.4 is 10.6 Å². The molecule has 25 heavy (non-hydrogen) atoms. The van der Waals surface area contributed by atoms with E-state index in [1.807, 2.05) is 30.3 Å². The van der Waals surface area contributed by atoms with Gasteiger partial charge >= 0.3 is 0 Å². The van der Waals surface area contributed by atoms with Crippen molar-refractivity contribution in [3.05, 3.63) is 71.5 Å². The van der Waals surface area contributed by atoms with E-state index in [4.69, 9.17) is 4.74 Å². The fourth-order valence-corrected chi connectivity index (χ4v) is 2.85. The molecule has 1 amide bonds. The van der Waals surface area contributed by atoms with Gasteiger partial charge in [0.05, 0.1) is 19.3 Å². The van der Waals surface area contributed by atoms with Gasteiger partial charge in [-0.25, -0.2) is 4.39 Å². The fourth-order valence-electron chi connectivity index (χ4n) is 2.85. The molecule has 134 valence electrons. The maximum atomic E-state index is 13.2. The third-order valence-electron chi connectivity index (χ3n) is 4.07. The van der Waals surface area contributed by atoms with Gasteiger partial charge < -0.3 is 15.4 Å². The highest BCUT2D eigenvalue weighted by atomic mass is 35.5. The SMILES string of the molecule is Cl.O=C(CC1COCCN1)NC(c1ccccc1)c1ccc(F)cc1. The summed E-state index contributed by atoms with van der Waals surface area (Å²) in [4.78, 5) is 12.5. The van der Waals surface area contributed by atoms with Crippen LogP contribution in [0.1, 0.15) is 23.6 Å². The number of halogens is 2. The lowest BCUT2D eigenvalue weighted by atomic mass is 9.98. The van der Waals surface area contributed by atoms with Gasteiger partial charge in [0, 0.05) is 19.0 Å². The molecule has 2 unspecified atom stereocenters. The lowest BCUT2D eigenvalue weighted by molar-refractivity contribution is -0.122. The Bertz CT molecular complexity index is 661. The van der Waals surface area contributed by atoms with E-state index in [0.717, 1.165) is 17.7 Å². The summed E-state index contributed by atoms with van der Waals surface area (Å²) in [6.45, 7) is 1.98. The molecule has 0 aliphatic carbocycles. The maximum absolute atomic E-state index is 13.2. The first-order valence-corrected chi connectivity index (χ1v) is 8.13. The molecule has 6 heteroatoms. The number of carbonyl (C=O) groups is 1. The van der Waals surface area contributed by atoms with Crippen LogP contribution in [0, 0.1) is 5.82 Å². The van der Waals surface area contributed by atoms with Crippen molar-refractivity contribution in [3.63, 3.8) is 0 Å². The van der Waals surface area contributed by atoms with Gasteiger partial charge in [-0.2, -0.15) is 0 Å². The van der Waals surface area contributed by atoms with E-state index in [2.05, 4.69) is 10.6 Å². The molecule has 1 aliphatic heterocycles. The number of rotatable bonds is 5. The number of hydrogen-bond donors (Lipinski definition) is 2. The molecule has 0 radical (unpaired) electrons. The number of nitrogens with one attached hydrogen (secondary N) is 2. The zero-order chi connectivity index (χ0) is 16.8. The van der Waals surface area contributed by atoms with Crippen molar-refractivity contribution < 1.29 is 13.9 Å². The number of ether oxygens (including phenoxy) is 1. The average Bonchev–Trinajstić information content (AvgIpc) is 2.62. The Morgan fingerprint density at radius 1 is 1.16 bits per heavy atom. The number of amides is 1. The van der Waals surface area contributed by atoms with Crippen molar-refractivity contribution in [1.29, 1.82) is 0 Å². The van der Waals surface area contributed by atoms with Crippen LogP contribution in [-0.2, 0) is 9.53 Å². The Balaban J connectivity index is 0.00000225. The molecule has 1 fully saturated rings. The quantitative estimate of drug-likeness (QED) is 0.857. The van der Waals surface area contributed by atoms with Crippen molar-refractivity contribution >= 4 is 18.3 Å². The molecule has 1 heterocycles. The largest absolute Gasteiger partial charge is 0.378 e. The Hall–Kier alpha value is -1.95. The summed E-state index contributed by atoms with van der Waals surface area (Å²) in [5, 5.41) is 6.33. The molecule has 1 saturated heterocycles. The minimum Gasteiger partial charge on any atom is -0.378 e. The predicted molar refractivity (Wildman–Crippen MR) is 97.3 cm³/mol. The van der Waals surface area contributed by atoms with Gasteiger partial charge in [-0.05, 0) is 23.3 Å². The second kappa shape index (κ2) is 9.51. The summed E-state index contributed by atoms with van der Waals surface area (Å²) in [6, 6.07) is 15.6. The number of benzene rings is 2. The molecule has 2 atom stereocenters. The first-order valence-electron chi connectivity index (χ1n) is 8.13. The smallest absolute Gasteiger partial charge is 0.222 e. The van der Waals surface area contributed by atoms with E-state index in [0.29, 0.717) is 19.6 Å². The van der Waals surface area contributed by atoms with Crippen LogP contribution in [0.4, 0.5) is 4.39 Å². The lowest BCUT2D eigenvalue weighted by Crippen LogP contribution is -2.44. The molecule has 1 aliphatic rings. The molecular formula is C19H22ClFN2O2. The zero-order valence-electron chi connectivity index (χ0n) is 13.8. The molecular weight excluding hydrogens is 343 g/mol. The van der Waals surface area contributed by atoms with Gasteiger partial charge in [-0.15, -0.1) is 12.4 Å². The third-order valence-corrected chi connectivity index (χ3v) is 4.07. The Morgan fingerprint density at radius 2 is 1.84 bits per heavy atom. The number of hydrogen-bond acceptors (Lipinski definition) is 3. The molecule has 3 rings (SSSR count). The molecule has 0 spiro atoms. The minimum absolute atomic E-state index is 0. The van der Waals surface area contributed by atoms with Crippen LogP contribution >= 0.6 is 12.4 Å². The van der Waals surface area contributed by atoms with Gasteiger partial charge in [-0.1, -0.05) is 42.5 Å². The van der Waals surface area contributed by atoms with E-state index >= 15 is 0 Å². The van der Waals surface area contributed by atoms with Crippen molar-refractivity contribution in [1.82, 2.24) is 10.6 Å². The van der Waals surface area contributed by atoms with Crippen molar-refractivity contribution in [2.24, 2.45) is 0 Å². The molecule has 2 N–H and O–H groups in total. The third kappa shape index (κ3) is 5.53. The second-order valence-electron chi connectivity index (χ2n) is 5.89. The van der Waals surface area contributed by atoms with E-state index in [-0.39, 0.29) is 36.2 Å². The normalized spacial score (nSPS) is 18.0. The van der Waals surface area contributed by atoms with Crippen molar-refractivity contribution in [2.45, 2.75) is 18.5 Å². The highest BCUT2D eigenvalue weighted by Gasteiger charge is 2.21. The monoisotopic (exact) mass is 364 g/mol. The Kier molecular flexibility index (Phi) is 7.37. The molecule has 0 saturated carbocycles. The number of morpholine rings is 1.